The van der Waals surface area contributed by atoms with Gasteiger partial charge in [-0.05, 0) is 24.1 Å². The van der Waals surface area contributed by atoms with E-state index >= 15 is 0 Å². The minimum absolute atomic E-state index is 0.00806. The first-order chi connectivity index (χ1) is 13.0. The molecule has 1 atom stereocenters. The van der Waals surface area contributed by atoms with Crippen LogP contribution in [0.25, 0.3) is 0 Å². The van der Waals surface area contributed by atoms with E-state index < -0.39 is 4.92 Å². The molecular weight excluding hydrogens is 350 g/mol. The standard InChI is InChI=1S/C19H23N3O5/c1-26-16-8-15(9-17(10-16)27-2)21-6-5-14(11-21)20-18-7-13(12-23)3-4-19(18)22(24)25/h3-4,7-10,14,20,23H,5-6,11-12H2,1-2H3. The third-order valence-corrected chi connectivity index (χ3v) is 4.69. The van der Waals surface area contributed by atoms with Gasteiger partial charge in [-0.2, -0.15) is 0 Å². The molecule has 1 unspecified atom stereocenters. The van der Waals surface area contributed by atoms with E-state index in [0.717, 1.165) is 18.7 Å². The fourth-order valence-electron chi connectivity index (χ4n) is 3.26. The van der Waals surface area contributed by atoms with Crippen LogP contribution >= 0.6 is 0 Å². The number of methoxy groups -OCH3 is 2. The monoisotopic (exact) mass is 373 g/mol. The van der Waals surface area contributed by atoms with Gasteiger partial charge in [0.25, 0.3) is 5.69 Å². The zero-order valence-corrected chi connectivity index (χ0v) is 15.3. The average molecular weight is 373 g/mol. The summed E-state index contributed by atoms with van der Waals surface area (Å²) in [5.41, 5.74) is 2.06. The van der Waals surface area contributed by atoms with Gasteiger partial charge in [-0.15, -0.1) is 0 Å². The van der Waals surface area contributed by atoms with Crippen molar-refractivity contribution in [2.45, 2.75) is 19.1 Å². The van der Waals surface area contributed by atoms with Gasteiger partial charge in [0.15, 0.2) is 0 Å². The van der Waals surface area contributed by atoms with E-state index in [1.807, 2.05) is 18.2 Å². The van der Waals surface area contributed by atoms with Crippen molar-refractivity contribution in [1.82, 2.24) is 0 Å². The van der Waals surface area contributed by atoms with Crippen molar-refractivity contribution < 1.29 is 19.5 Å². The molecule has 8 nitrogen and oxygen atoms in total. The first kappa shape index (κ1) is 18.8. The molecule has 2 aromatic carbocycles. The van der Waals surface area contributed by atoms with E-state index in [9.17, 15) is 15.2 Å². The van der Waals surface area contributed by atoms with Crippen LogP contribution < -0.4 is 19.7 Å². The van der Waals surface area contributed by atoms with Crippen molar-refractivity contribution in [2.24, 2.45) is 0 Å². The fourth-order valence-corrected chi connectivity index (χ4v) is 3.26. The minimum Gasteiger partial charge on any atom is -0.497 e. The zero-order valence-electron chi connectivity index (χ0n) is 15.3. The molecule has 144 valence electrons. The van der Waals surface area contributed by atoms with Crippen LogP contribution in [0.4, 0.5) is 17.1 Å². The number of hydrogen-bond acceptors (Lipinski definition) is 7. The predicted molar refractivity (Wildman–Crippen MR) is 103 cm³/mol. The van der Waals surface area contributed by atoms with Crippen LogP contribution in [0, 0.1) is 10.1 Å². The molecule has 0 aliphatic carbocycles. The van der Waals surface area contributed by atoms with E-state index in [1.165, 1.54) is 6.07 Å². The molecule has 3 rings (SSSR count). The largest absolute Gasteiger partial charge is 0.497 e. The highest BCUT2D eigenvalue weighted by molar-refractivity contribution is 5.64. The summed E-state index contributed by atoms with van der Waals surface area (Å²) in [5, 5.41) is 23.9. The Morgan fingerprint density at radius 2 is 1.93 bits per heavy atom. The lowest BCUT2D eigenvalue weighted by atomic mass is 10.1. The van der Waals surface area contributed by atoms with Crippen molar-refractivity contribution in [3.05, 3.63) is 52.1 Å². The molecule has 1 aliphatic rings. The van der Waals surface area contributed by atoms with Gasteiger partial charge in [0.2, 0.25) is 0 Å². The van der Waals surface area contributed by atoms with E-state index in [4.69, 9.17) is 9.47 Å². The van der Waals surface area contributed by atoms with Gasteiger partial charge in [-0.1, -0.05) is 0 Å². The van der Waals surface area contributed by atoms with Gasteiger partial charge < -0.3 is 24.8 Å². The molecule has 0 saturated carbocycles. The maximum atomic E-state index is 11.3. The van der Waals surface area contributed by atoms with Gasteiger partial charge in [0.1, 0.15) is 17.2 Å². The first-order valence-corrected chi connectivity index (χ1v) is 8.66. The van der Waals surface area contributed by atoms with E-state index in [0.29, 0.717) is 29.3 Å². The van der Waals surface area contributed by atoms with Crippen molar-refractivity contribution in [1.29, 1.82) is 0 Å². The minimum atomic E-state index is -0.414. The molecule has 1 aliphatic heterocycles. The van der Waals surface area contributed by atoms with E-state index in [2.05, 4.69) is 10.2 Å². The van der Waals surface area contributed by atoms with E-state index in [-0.39, 0.29) is 18.3 Å². The maximum Gasteiger partial charge on any atom is 0.292 e. The highest BCUT2D eigenvalue weighted by Gasteiger charge is 2.26. The number of nitrogens with one attached hydrogen (secondary N) is 1. The van der Waals surface area contributed by atoms with Gasteiger partial charge in [0, 0.05) is 49.1 Å². The number of benzene rings is 2. The van der Waals surface area contributed by atoms with Gasteiger partial charge >= 0.3 is 0 Å². The van der Waals surface area contributed by atoms with Crippen LogP contribution in [-0.4, -0.2) is 43.4 Å². The lowest BCUT2D eigenvalue weighted by Crippen LogP contribution is -2.26. The topological polar surface area (TPSA) is 97.1 Å². The number of hydrogen-bond donors (Lipinski definition) is 2. The number of aliphatic hydroxyl groups is 1. The molecule has 1 fully saturated rings. The molecule has 0 aromatic heterocycles. The molecule has 0 spiro atoms. The van der Waals surface area contributed by atoms with Crippen LogP contribution in [0.3, 0.4) is 0 Å². The summed E-state index contributed by atoms with van der Waals surface area (Å²) >= 11 is 0. The van der Waals surface area contributed by atoms with E-state index in [1.54, 1.807) is 26.4 Å². The molecule has 27 heavy (non-hydrogen) atoms. The molecule has 0 bridgehead atoms. The maximum absolute atomic E-state index is 11.3. The Hall–Kier alpha value is -3.00. The number of nitro benzene ring substituents is 1. The normalized spacial score (nSPS) is 16.3. The second-order valence-electron chi connectivity index (χ2n) is 6.41. The molecule has 0 radical (unpaired) electrons. The summed E-state index contributed by atoms with van der Waals surface area (Å²) in [6, 6.07) is 10.4. The first-order valence-electron chi connectivity index (χ1n) is 8.66. The molecule has 1 saturated heterocycles. The molecule has 0 amide bonds. The van der Waals surface area contributed by atoms with Crippen molar-refractivity contribution in [3.63, 3.8) is 0 Å². The SMILES string of the molecule is COc1cc(OC)cc(N2CCC(Nc3cc(CO)ccc3[N+](=O)[O-])C2)c1. The highest BCUT2D eigenvalue weighted by Crippen LogP contribution is 2.32. The molecule has 8 heteroatoms. The number of anilines is 2. The van der Waals surface area contributed by atoms with Gasteiger partial charge in [-0.3, -0.25) is 10.1 Å². The summed E-state index contributed by atoms with van der Waals surface area (Å²) in [6.07, 6.45) is 0.833. The summed E-state index contributed by atoms with van der Waals surface area (Å²) in [7, 11) is 3.22. The van der Waals surface area contributed by atoms with Crippen molar-refractivity contribution in [2.75, 3.05) is 37.5 Å². The molecule has 2 N–H and O–H groups in total. The Balaban J connectivity index is 1.76. The Morgan fingerprint density at radius 1 is 1.22 bits per heavy atom. The van der Waals surface area contributed by atoms with Crippen LogP contribution in [0.15, 0.2) is 36.4 Å². The number of rotatable bonds is 7. The molecular formula is C19H23N3O5. The van der Waals surface area contributed by atoms with Crippen molar-refractivity contribution in [3.8, 4) is 11.5 Å². The Bertz CT molecular complexity index is 805. The Kier molecular flexibility index (Phi) is 5.66. The smallest absolute Gasteiger partial charge is 0.292 e. The second-order valence-corrected chi connectivity index (χ2v) is 6.41. The van der Waals surface area contributed by atoms with Crippen LogP contribution in [0.2, 0.25) is 0 Å². The Morgan fingerprint density at radius 3 is 2.52 bits per heavy atom. The predicted octanol–water partition coefficient (Wildman–Crippen LogP) is 2.80. The van der Waals surface area contributed by atoms with Crippen LogP contribution in [0.1, 0.15) is 12.0 Å². The Labute approximate surface area is 157 Å². The third kappa shape index (κ3) is 4.22. The summed E-state index contributed by atoms with van der Waals surface area (Å²) in [5.74, 6) is 1.43. The number of nitrogens with zero attached hydrogens (tertiary/aromatic N) is 2. The quantitative estimate of drug-likeness (QED) is 0.569. The number of ether oxygens (including phenoxy) is 2. The molecule has 1 heterocycles. The highest BCUT2D eigenvalue weighted by atomic mass is 16.6. The molecule has 2 aromatic rings. The van der Waals surface area contributed by atoms with Crippen LogP contribution in [0.5, 0.6) is 11.5 Å². The van der Waals surface area contributed by atoms with Gasteiger partial charge in [-0.25, -0.2) is 0 Å². The average Bonchev–Trinajstić information content (AvgIpc) is 3.15. The zero-order chi connectivity index (χ0) is 19.4. The van der Waals surface area contributed by atoms with Gasteiger partial charge in [0.05, 0.1) is 25.7 Å². The second kappa shape index (κ2) is 8.13. The van der Waals surface area contributed by atoms with Crippen LogP contribution in [-0.2, 0) is 6.61 Å². The van der Waals surface area contributed by atoms with Crippen molar-refractivity contribution >= 4 is 17.1 Å². The fraction of sp³-hybridized carbons (Fsp3) is 0.368. The number of nitro groups is 1. The summed E-state index contributed by atoms with van der Waals surface area (Å²) in [4.78, 5) is 13.1. The summed E-state index contributed by atoms with van der Waals surface area (Å²) in [6.45, 7) is 1.34. The third-order valence-electron chi connectivity index (χ3n) is 4.69. The lowest BCUT2D eigenvalue weighted by molar-refractivity contribution is -0.384. The summed E-state index contributed by atoms with van der Waals surface area (Å²) < 4.78 is 10.7. The lowest BCUT2D eigenvalue weighted by Gasteiger charge is -2.21. The number of aliphatic hydroxyl groups excluding tert-OH is 1.